The SMILES string of the molecule is CCc1nc(C2CC2)c(-c2nnc(NCCOC)s2)s1. The number of ether oxygens (including phenoxy) is 1. The summed E-state index contributed by atoms with van der Waals surface area (Å²) in [5, 5.41) is 14.8. The zero-order valence-electron chi connectivity index (χ0n) is 11.7. The Morgan fingerprint density at radius 2 is 2.15 bits per heavy atom. The Morgan fingerprint density at radius 1 is 1.30 bits per heavy atom. The van der Waals surface area contributed by atoms with Crippen LogP contribution in [0.5, 0.6) is 0 Å². The van der Waals surface area contributed by atoms with Crippen LogP contribution < -0.4 is 5.32 Å². The quantitative estimate of drug-likeness (QED) is 0.796. The molecule has 0 saturated heterocycles. The predicted molar refractivity (Wildman–Crippen MR) is 82.7 cm³/mol. The molecule has 2 aromatic heterocycles. The molecular formula is C13H18N4OS2. The van der Waals surface area contributed by atoms with Crippen molar-refractivity contribution in [1.29, 1.82) is 0 Å². The van der Waals surface area contributed by atoms with Gasteiger partial charge in [-0.25, -0.2) is 4.98 Å². The standard InChI is InChI=1S/C13H18N4OS2/c1-3-9-15-10(8-4-5-8)11(19-9)12-16-17-13(20-12)14-6-7-18-2/h8H,3-7H2,1-2H3,(H,14,17). The number of hydrogen-bond donors (Lipinski definition) is 1. The number of thiazole rings is 1. The van der Waals surface area contributed by atoms with Crippen molar-refractivity contribution in [2.75, 3.05) is 25.6 Å². The first kappa shape index (κ1) is 13.9. The molecule has 0 amide bonds. The lowest BCUT2D eigenvalue weighted by Gasteiger charge is -1.98. The normalized spacial score (nSPS) is 14.7. The minimum absolute atomic E-state index is 0.648. The van der Waals surface area contributed by atoms with E-state index in [0.29, 0.717) is 12.5 Å². The van der Waals surface area contributed by atoms with Crippen LogP contribution in [0.3, 0.4) is 0 Å². The van der Waals surface area contributed by atoms with Gasteiger partial charge in [-0.3, -0.25) is 0 Å². The molecule has 1 N–H and O–H groups in total. The molecular weight excluding hydrogens is 292 g/mol. The zero-order valence-corrected chi connectivity index (χ0v) is 13.3. The average Bonchev–Trinajstić information content (AvgIpc) is 3.04. The highest BCUT2D eigenvalue weighted by molar-refractivity contribution is 7.23. The van der Waals surface area contributed by atoms with Gasteiger partial charge in [0.05, 0.1) is 22.2 Å². The highest BCUT2D eigenvalue weighted by atomic mass is 32.1. The summed E-state index contributed by atoms with van der Waals surface area (Å²) >= 11 is 3.37. The van der Waals surface area contributed by atoms with Crippen molar-refractivity contribution in [3.8, 4) is 9.88 Å². The molecule has 0 aromatic carbocycles. The van der Waals surface area contributed by atoms with Crippen molar-refractivity contribution in [3.05, 3.63) is 10.7 Å². The highest BCUT2D eigenvalue weighted by Gasteiger charge is 2.31. The van der Waals surface area contributed by atoms with Crippen LogP contribution in [0.25, 0.3) is 9.88 Å². The molecule has 0 aliphatic heterocycles. The van der Waals surface area contributed by atoms with E-state index < -0.39 is 0 Å². The molecule has 0 unspecified atom stereocenters. The Labute approximate surface area is 126 Å². The number of aryl methyl sites for hydroxylation is 1. The van der Waals surface area contributed by atoms with Crippen LogP contribution >= 0.6 is 22.7 Å². The number of rotatable bonds is 7. The van der Waals surface area contributed by atoms with Crippen molar-refractivity contribution in [1.82, 2.24) is 15.2 Å². The molecule has 108 valence electrons. The summed E-state index contributed by atoms with van der Waals surface area (Å²) in [5.74, 6) is 0.648. The van der Waals surface area contributed by atoms with Gasteiger partial charge < -0.3 is 10.1 Å². The highest BCUT2D eigenvalue weighted by Crippen LogP contribution is 2.46. The van der Waals surface area contributed by atoms with E-state index in [1.54, 1.807) is 29.8 Å². The molecule has 0 bridgehead atoms. The van der Waals surface area contributed by atoms with Gasteiger partial charge in [0.1, 0.15) is 0 Å². The van der Waals surface area contributed by atoms with Crippen LogP contribution in [-0.4, -0.2) is 35.4 Å². The van der Waals surface area contributed by atoms with Gasteiger partial charge in [-0.1, -0.05) is 18.3 Å². The van der Waals surface area contributed by atoms with E-state index in [1.165, 1.54) is 28.4 Å². The molecule has 3 rings (SSSR count). The van der Waals surface area contributed by atoms with E-state index >= 15 is 0 Å². The molecule has 5 nitrogen and oxygen atoms in total. The minimum atomic E-state index is 0.648. The maximum absolute atomic E-state index is 5.02. The van der Waals surface area contributed by atoms with Crippen LogP contribution in [-0.2, 0) is 11.2 Å². The van der Waals surface area contributed by atoms with Crippen LogP contribution in [0.2, 0.25) is 0 Å². The summed E-state index contributed by atoms with van der Waals surface area (Å²) in [6.07, 6.45) is 3.51. The van der Waals surface area contributed by atoms with Gasteiger partial charge in [-0.2, -0.15) is 0 Å². The third kappa shape index (κ3) is 2.99. The lowest BCUT2D eigenvalue weighted by atomic mass is 10.2. The number of nitrogens with zero attached hydrogens (tertiary/aromatic N) is 3. The minimum Gasteiger partial charge on any atom is -0.383 e. The van der Waals surface area contributed by atoms with Gasteiger partial charge in [0.15, 0.2) is 5.01 Å². The van der Waals surface area contributed by atoms with Crippen molar-refractivity contribution >= 4 is 27.8 Å². The van der Waals surface area contributed by atoms with Gasteiger partial charge in [0.25, 0.3) is 0 Å². The predicted octanol–water partition coefficient (Wildman–Crippen LogP) is 3.16. The van der Waals surface area contributed by atoms with Crippen molar-refractivity contribution in [2.24, 2.45) is 0 Å². The van der Waals surface area contributed by atoms with Gasteiger partial charge in [-0.15, -0.1) is 21.5 Å². The number of aromatic nitrogens is 3. The monoisotopic (exact) mass is 310 g/mol. The van der Waals surface area contributed by atoms with Crippen LogP contribution in [0.15, 0.2) is 0 Å². The lowest BCUT2D eigenvalue weighted by Crippen LogP contribution is -2.06. The van der Waals surface area contributed by atoms with E-state index in [4.69, 9.17) is 9.72 Å². The summed E-state index contributed by atoms with van der Waals surface area (Å²) in [5.41, 5.74) is 1.24. The third-order valence-corrected chi connectivity index (χ3v) is 5.42. The lowest BCUT2D eigenvalue weighted by molar-refractivity contribution is 0.211. The summed E-state index contributed by atoms with van der Waals surface area (Å²) in [6, 6.07) is 0. The summed E-state index contributed by atoms with van der Waals surface area (Å²) in [6.45, 7) is 3.57. The zero-order chi connectivity index (χ0) is 13.9. The number of nitrogens with one attached hydrogen (secondary N) is 1. The van der Waals surface area contributed by atoms with Gasteiger partial charge in [0, 0.05) is 19.6 Å². The Morgan fingerprint density at radius 3 is 2.85 bits per heavy atom. The largest absolute Gasteiger partial charge is 0.383 e. The van der Waals surface area contributed by atoms with Crippen molar-refractivity contribution in [3.63, 3.8) is 0 Å². The van der Waals surface area contributed by atoms with Crippen LogP contribution in [0.1, 0.15) is 36.4 Å². The maximum atomic E-state index is 5.02. The third-order valence-electron chi connectivity index (χ3n) is 3.17. The molecule has 2 aromatic rings. The van der Waals surface area contributed by atoms with Gasteiger partial charge in [-0.05, 0) is 19.3 Å². The molecule has 0 spiro atoms. The Bertz CT molecular complexity index is 577. The van der Waals surface area contributed by atoms with E-state index in [0.717, 1.165) is 23.1 Å². The molecule has 0 atom stereocenters. The molecule has 1 saturated carbocycles. The Kier molecular flexibility index (Phi) is 4.28. The average molecular weight is 310 g/mol. The fourth-order valence-electron chi connectivity index (χ4n) is 1.96. The Balaban J connectivity index is 1.79. The van der Waals surface area contributed by atoms with Crippen LogP contribution in [0, 0.1) is 0 Å². The van der Waals surface area contributed by atoms with E-state index in [1.807, 2.05) is 0 Å². The number of methoxy groups -OCH3 is 1. The second kappa shape index (κ2) is 6.15. The molecule has 20 heavy (non-hydrogen) atoms. The first-order valence-corrected chi connectivity index (χ1v) is 8.51. The van der Waals surface area contributed by atoms with Crippen LogP contribution in [0.4, 0.5) is 5.13 Å². The van der Waals surface area contributed by atoms with E-state index in [2.05, 4.69) is 22.4 Å². The number of anilines is 1. The molecule has 2 heterocycles. The first-order chi connectivity index (χ1) is 9.81. The first-order valence-electron chi connectivity index (χ1n) is 6.88. The smallest absolute Gasteiger partial charge is 0.206 e. The summed E-state index contributed by atoms with van der Waals surface area (Å²) < 4.78 is 5.02. The summed E-state index contributed by atoms with van der Waals surface area (Å²) in [4.78, 5) is 5.99. The topological polar surface area (TPSA) is 59.9 Å². The second-order valence-corrected chi connectivity index (χ2v) is 6.84. The molecule has 1 aliphatic carbocycles. The van der Waals surface area contributed by atoms with Crippen molar-refractivity contribution < 1.29 is 4.74 Å². The van der Waals surface area contributed by atoms with Gasteiger partial charge >= 0.3 is 0 Å². The molecule has 0 radical (unpaired) electrons. The fraction of sp³-hybridized carbons (Fsp3) is 0.615. The number of hydrogen-bond acceptors (Lipinski definition) is 7. The van der Waals surface area contributed by atoms with Gasteiger partial charge in [0.2, 0.25) is 5.13 Å². The summed E-state index contributed by atoms with van der Waals surface area (Å²) in [7, 11) is 1.69. The maximum Gasteiger partial charge on any atom is 0.206 e. The second-order valence-electron chi connectivity index (χ2n) is 4.78. The molecule has 7 heteroatoms. The van der Waals surface area contributed by atoms with Crippen molar-refractivity contribution in [2.45, 2.75) is 32.1 Å². The fourth-order valence-corrected chi connectivity index (χ4v) is 3.90. The molecule has 1 aliphatic rings. The van der Waals surface area contributed by atoms with E-state index in [-0.39, 0.29) is 0 Å². The molecule has 1 fully saturated rings. The Hall–Kier alpha value is -1.05. The van der Waals surface area contributed by atoms with E-state index in [9.17, 15) is 0 Å².